The summed E-state index contributed by atoms with van der Waals surface area (Å²) >= 11 is 7.03. The van der Waals surface area contributed by atoms with Crippen molar-refractivity contribution in [1.29, 1.82) is 5.26 Å². The highest BCUT2D eigenvalue weighted by Gasteiger charge is 2.08. The van der Waals surface area contributed by atoms with E-state index < -0.39 is 0 Å². The lowest BCUT2D eigenvalue weighted by molar-refractivity contribution is 0.414. The van der Waals surface area contributed by atoms with Gasteiger partial charge >= 0.3 is 0 Å². The van der Waals surface area contributed by atoms with E-state index in [1.165, 1.54) is 11.3 Å². The highest BCUT2D eigenvalue weighted by atomic mass is 35.5. The normalized spacial score (nSPS) is 9.83. The third kappa shape index (κ3) is 2.92. The second-order valence-electron chi connectivity index (χ2n) is 3.46. The quantitative estimate of drug-likeness (QED) is 0.933. The van der Waals surface area contributed by atoms with Gasteiger partial charge in [0.2, 0.25) is 0 Å². The molecule has 1 heterocycles. The minimum atomic E-state index is 0.246. The Morgan fingerprint density at radius 3 is 3.06 bits per heavy atom. The largest absolute Gasteiger partial charge is 0.497 e. The summed E-state index contributed by atoms with van der Waals surface area (Å²) < 4.78 is 5.14. The van der Waals surface area contributed by atoms with Gasteiger partial charge < -0.3 is 10.1 Å². The van der Waals surface area contributed by atoms with Gasteiger partial charge in [-0.3, -0.25) is 0 Å². The van der Waals surface area contributed by atoms with E-state index in [-0.39, 0.29) is 5.15 Å². The molecule has 1 aromatic carbocycles. The van der Waals surface area contributed by atoms with Crippen LogP contribution >= 0.6 is 22.9 Å². The number of aromatic nitrogens is 1. The van der Waals surface area contributed by atoms with Crippen molar-refractivity contribution < 1.29 is 4.74 Å². The van der Waals surface area contributed by atoms with E-state index in [1.54, 1.807) is 7.11 Å². The van der Waals surface area contributed by atoms with Crippen LogP contribution in [0.25, 0.3) is 0 Å². The van der Waals surface area contributed by atoms with Crippen LogP contribution in [0, 0.1) is 11.3 Å². The highest BCUT2D eigenvalue weighted by molar-refractivity contribution is 7.16. The Morgan fingerprint density at radius 2 is 2.39 bits per heavy atom. The van der Waals surface area contributed by atoms with Crippen LogP contribution in [-0.2, 0) is 6.54 Å². The van der Waals surface area contributed by atoms with Crippen LogP contribution < -0.4 is 10.1 Å². The van der Waals surface area contributed by atoms with Crippen LogP contribution in [0.3, 0.4) is 0 Å². The number of nitrogens with one attached hydrogen (secondary N) is 1. The average molecular weight is 280 g/mol. The summed E-state index contributed by atoms with van der Waals surface area (Å²) in [7, 11) is 1.63. The first-order chi connectivity index (χ1) is 8.72. The number of nitrogens with zero attached hydrogens (tertiary/aromatic N) is 2. The Labute approximate surface area is 114 Å². The predicted octanol–water partition coefficient (Wildman–Crippen LogP) is 3.29. The summed E-state index contributed by atoms with van der Waals surface area (Å²) in [6.45, 7) is 0.603. The van der Waals surface area contributed by atoms with Crippen LogP contribution in [0.4, 0.5) is 5.13 Å². The Morgan fingerprint density at radius 1 is 1.56 bits per heavy atom. The minimum Gasteiger partial charge on any atom is -0.497 e. The molecule has 0 saturated carbocycles. The lowest BCUT2D eigenvalue weighted by atomic mass is 10.2. The number of halogens is 1. The third-order valence-corrected chi connectivity index (χ3v) is 3.57. The van der Waals surface area contributed by atoms with Gasteiger partial charge in [0.1, 0.15) is 16.7 Å². The summed E-state index contributed by atoms with van der Waals surface area (Å²) in [5, 5.41) is 12.8. The Hall–Kier alpha value is -1.77. The molecule has 2 aromatic rings. The summed E-state index contributed by atoms with van der Waals surface area (Å²) in [4.78, 5) is 4.48. The first-order valence-electron chi connectivity index (χ1n) is 5.16. The topological polar surface area (TPSA) is 57.9 Å². The SMILES string of the molecule is COc1cccc(CNc2nc(Cl)c(C#N)s2)c1. The number of ether oxygens (including phenoxy) is 1. The van der Waals surface area contributed by atoms with E-state index in [0.717, 1.165) is 11.3 Å². The molecular formula is C12H10ClN3OS. The maximum Gasteiger partial charge on any atom is 0.185 e. The monoisotopic (exact) mass is 279 g/mol. The van der Waals surface area contributed by atoms with E-state index in [4.69, 9.17) is 21.6 Å². The van der Waals surface area contributed by atoms with E-state index >= 15 is 0 Å². The summed E-state index contributed by atoms with van der Waals surface area (Å²) in [5.41, 5.74) is 1.07. The van der Waals surface area contributed by atoms with Gasteiger partial charge in [0, 0.05) is 6.54 Å². The molecule has 2 rings (SSSR count). The number of methoxy groups -OCH3 is 1. The smallest absolute Gasteiger partial charge is 0.185 e. The van der Waals surface area contributed by atoms with Gasteiger partial charge in [0.15, 0.2) is 10.3 Å². The standard InChI is InChI=1S/C12H10ClN3OS/c1-17-9-4-2-3-8(5-9)7-15-12-16-11(13)10(6-14)18-12/h2-5H,7H2,1H3,(H,15,16). The van der Waals surface area contributed by atoms with Crippen LogP contribution in [0.1, 0.15) is 10.4 Å². The molecule has 0 saturated heterocycles. The molecule has 6 heteroatoms. The molecule has 0 aliphatic rings. The maximum atomic E-state index is 8.78. The van der Waals surface area contributed by atoms with Crippen LogP contribution in [0.2, 0.25) is 5.15 Å². The molecule has 0 aliphatic carbocycles. The lowest BCUT2D eigenvalue weighted by Gasteiger charge is -2.05. The van der Waals surface area contributed by atoms with E-state index in [1.807, 2.05) is 30.3 Å². The molecule has 1 N–H and O–H groups in total. The zero-order valence-electron chi connectivity index (χ0n) is 9.61. The molecule has 0 amide bonds. The van der Waals surface area contributed by atoms with Gasteiger partial charge in [0.05, 0.1) is 7.11 Å². The van der Waals surface area contributed by atoms with Crippen molar-refractivity contribution in [3.05, 3.63) is 39.9 Å². The second-order valence-corrected chi connectivity index (χ2v) is 4.81. The zero-order valence-corrected chi connectivity index (χ0v) is 11.2. The highest BCUT2D eigenvalue weighted by Crippen LogP contribution is 2.26. The van der Waals surface area contributed by atoms with E-state index in [9.17, 15) is 0 Å². The number of anilines is 1. The van der Waals surface area contributed by atoms with Gasteiger partial charge in [0.25, 0.3) is 0 Å². The van der Waals surface area contributed by atoms with Crippen molar-refractivity contribution in [2.45, 2.75) is 6.54 Å². The molecule has 0 aliphatic heterocycles. The number of hydrogen-bond donors (Lipinski definition) is 1. The fraction of sp³-hybridized carbons (Fsp3) is 0.167. The van der Waals surface area contributed by atoms with Crippen molar-refractivity contribution in [2.75, 3.05) is 12.4 Å². The van der Waals surface area contributed by atoms with Crippen molar-refractivity contribution in [3.63, 3.8) is 0 Å². The predicted molar refractivity (Wildman–Crippen MR) is 72.2 cm³/mol. The van der Waals surface area contributed by atoms with Crippen molar-refractivity contribution in [3.8, 4) is 11.8 Å². The van der Waals surface area contributed by atoms with Crippen LogP contribution in [0.5, 0.6) is 5.75 Å². The minimum absolute atomic E-state index is 0.246. The van der Waals surface area contributed by atoms with E-state index in [2.05, 4.69) is 10.3 Å². The Bertz CT molecular complexity index is 591. The lowest BCUT2D eigenvalue weighted by Crippen LogP contribution is -1.98. The van der Waals surface area contributed by atoms with Gasteiger partial charge in [-0.2, -0.15) is 5.26 Å². The second kappa shape index (κ2) is 5.71. The van der Waals surface area contributed by atoms with Gasteiger partial charge in [-0.1, -0.05) is 35.1 Å². The zero-order chi connectivity index (χ0) is 13.0. The molecule has 0 unspecified atom stereocenters. The maximum absolute atomic E-state index is 8.78. The molecule has 4 nitrogen and oxygen atoms in total. The van der Waals surface area contributed by atoms with Crippen molar-refractivity contribution >= 4 is 28.1 Å². The molecule has 0 fully saturated rings. The molecule has 0 radical (unpaired) electrons. The average Bonchev–Trinajstić information content (AvgIpc) is 2.77. The van der Waals surface area contributed by atoms with Crippen molar-refractivity contribution in [1.82, 2.24) is 4.98 Å². The number of thiazole rings is 1. The summed E-state index contributed by atoms with van der Waals surface area (Å²) in [6.07, 6.45) is 0. The molecule has 92 valence electrons. The fourth-order valence-electron chi connectivity index (χ4n) is 1.41. The Kier molecular flexibility index (Phi) is 4.03. The van der Waals surface area contributed by atoms with Gasteiger partial charge in [-0.15, -0.1) is 0 Å². The molecule has 18 heavy (non-hydrogen) atoms. The van der Waals surface area contributed by atoms with Gasteiger partial charge in [-0.05, 0) is 17.7 Å². The summed E-state index contributed by atoms with van der Waals surface area (Å²) in [6, 6.07) is 9.72. The molecule has 0 bridgehead atoms. The number of rotatable bonds is 4. The molecule has 0 atom stereocenters. The number of hydrogen-bond acceptors (Lipinski definition) is 5. The summed E-state index contributed by atoms with van der Waals surface area (Å²) in [5.74, 6) is 0.809. The Balaban J connectivity index is 2.04. The van der Waals surface area contributed by atoms with Crippen LogP contribution in [0.15, 0.2) is 24.3 Å². The van der Waals surface area contributed by atoms with Gasteiger partial charge in [-0.25, -0.2) is 4.98 Å². The fourth-order valence-corrected chi connectivity index (χ4v) is 2.35. The third-order valence-electron chi connectivity index (χ3n) is 2.27. The van der Waals surface area contributed by atoms with Crippen molar-refractivity contribution in [2.24, 2.45) is 0 Å². The molecular weight excluding hydrogens is 270 g/mol. The molecule has 1 aromatic heterocycles. The number of benzene rings is 1. The number of nitriles is 1. The first-order valence-corrected chi connectivity index (χ1v) is 6.35. The molecule has 0 spiro atoms. The first kappa shape index (κ1) is 12.7. The van der Waals surface area contributed by atoms with E-state index in [0.29, 0.717) is 16.6 Å². The van der Waals surface area contributed by atoms with Crippen LogP contribution in [-0.4, -0.2) is 12.1 Å².